The molecule has 0 heterocycles. The molecule has 3 aromatic rings. The van der Waals surface area contributed by atoms with Crippen LogP contribution in [0.15, 0.2) is 82.8 Å². The van der Waals surface area contributed by atoms with Gasteiger partial charge in [-0.05, 0) is 67.1 Å². The maximum absolute atomic E-state index is 12.4. The third-order valence-corrected chi connectivity index (χ3v) is 5.66. The van der Waals surface area contributed by atoms with Gasteiger partial charge in [-0.15, -0.1) is 11.8 Å². The van der Waals surface area contributed by atoms with Gasteiger partial charge in [-0.3, -0.25) is 9.59 Å². The van der Waals surface area contributed by atoms with Gasteiger partial charge in [0.25, 0.3) is 5.91 Å². The van der Waals surface area contributed by atoms with Crippen molar-refractivity contribution in [3.63, 3.8) is 0 Å². The number of nitrogens with zero attached hydrogens (tertiary/aromatic N) is 1. The van der Waals surface area contributed by atoms with Crippen molar-refractivity contribution >= 4 is 58.2 Å². The Labute approximate surface area is 194 Å². The van der Waals surface area contributed by atoms with Crippen molar-refractivity contribution in [3.8, 4) is 0 Å². The molecule has 0 saturated carbocycles. The monoisotopic (exact) mass is 471 g/mol. The van der Waals surface area contributed by atoms with Crippen LogP contribution in [0.2, 0.25) is 10.0 Å². The van der Waals surface area contributed by atoms with Crippen LogP contribution in [0.4, 0.5) is 5.69 Å². The maximum Gasteiger partial charge on any atom is 0.255 e. The van der Waals surface area contributed by atoms with E-state index in [0.29, 0.717) is 27.0 Å². The van der Waals surface area contributed by atoms with Crippen LogP contribution in [-0.2, 0) is 4.79 Å². The van der Waals surface area contributed by atoms with Gasteiger partial charge in [-0.2, -0.15) is 5.10 Å². The maximum atomic E-state index is 12.4. The number of nitrogens with one attached hydrogen (secondary N) is 2. The second-order valence-corrected chi connectivity index (χ2v) is 8.44. The van der Waals surface area contributed by atoms with E-state index in [1.165, 1.54) is 11.8 Å². The number of hydrogen-bond acceptors (Lipinski definition) is 4. The lowest BCUT2D eigenvalue weighted by Gasteiger charge is -2.08. The van der Waals surface area contributed by atoms with Crippen LogP contribution in [0.5, 0.6) is 0 Å². The van der Waals surface area contributed by atoms with E-state index in [2.05, 4.69) is 15.8 Å². The van der Waals surface area contributed by atoms with Crippen LogP contribution in [0, 0.1) is 0 Å². The predicted octanol–water partition coefficient (Wildman–Crippen LogP) is 5.88. The van der Waals surface area contributed by atoms with Crippen molar-refractivity contribution in [2.75, 3.05) is 11.1 Å². The molecular formula is C23H19Cl2N3O2S. The highest BCUT2D eigenvalue weighted by atomic mass is 35.5. The summed E-state index contributed by atoms with van der Waals surface area (Å²) in [5.41, 5.74) is 5.02. The number of carbonyl (C=O) groups is 2. The third kappa shape index (κ3) is 7.14. The van der Waals surface area contributed by atoms with Gasteiger partial charge in [-0.25, -0.2) is 5.43 Å². The standard InChI is InChI=1S/C23H19Cl2N3O2S/c1-15(27-28-22(29)14-31-21-10-8-18(24)9-11-21)16-4-3-7-20(13-16)26-23(30)17-5-2-6-19(25)12-17/h2-13H,14H2,1H3,(H,26,30)(H,28,29)/b27-15-. The molecule has 0 radical (unpaired) electrons. The molecule has 158 valence electrons. The second kappa shape index (κ2) is 11.0. The van der Waals surface area contributed by atoms with Gasteiger partial charge in [0.2, 0.25) is 5.91 Å². The van der Waals surface area contributed by atoms with Crippen molar-refractivity contribution in [3.05, 3.63) is 94.0 Å². The number of anilines is 1. The van der Waals surface area contributed by atoms with E-state index in [0.717, 1.165) is 10.5 Å². The first-order valence-corrected chi connectivity index (χ1v) is 11.0. The van der Waals surface area contributed by atoms with Gasteiger partial charge in [0.1, 0.15) is 0 Å². The van der Waals surface area contributed by atoms with E-state index in [9.17, 15) is 9.59 Å². The summed E-state index contributed by atoms with van der Waals surface area (Å²) < 4.78 is 0. The summed E-state index contributed by atoms with van der Waals surface area (Å²) in [6.07, 6.45) is 0. The molecule has 0 spiro atoms. The van der Waals surface area contributed by atoms with Crippen LogP contribution in [0.1, 0.15) is 22.8 Å². The van der Waals surface area contributed by atoms with Crippen LogP contribution >= 0.6 is 35.0 Å². The van der Waals surface area contributed by atoms with Gasteiger partial charge in [0.05, 0.1) is 11.5 Å². The smallest absolute Gasteiger partial charge is 0.255 e. The molecule has 5 nitrogen and oxygen atoms in total. The molecule has 2 amide bonds. The Morgan fingerprint density at radius 2 is 1.61 bits per heavy atom. The Kier molecular flexibility index (Phi) is 8.12. The van der Waals surface area contributed by atoms with E-state index < -0.39 is 0 Å². The number of rotatable bonds is 7. The van der Waals surface area contributed by atoms with Crippen LogP contribution < -0.4 is 10.7 Å². The lowest BCUT2D eigenvalue weighted by Crippen LogP contribution is -2.21. The Morgan fingerprint density at radius 3 is 2.35 bits per heavy atom. The lowest BCUT2D eigenvalue weighted by molar-refractivity contribution is -0.118. The van der Waals surface area contributed by atoms with Crippen molar-refractivity contribution < 1.29 is 9.59 Å². The average Bonchev–Trinajstić information content (AvgIpc) is 2.77. The Hall–Kier alpha value is -2.80. The fourth-order valence-electron chi connectivity index (χ4n) is 2.58. The van der Waals surface area contributed by atoms with E-state index in [1.54, 1.807) is 61.5 Å². The fourth-order valence-corrected chi connectivity index (χ4v) is 3.58. The molecule has 0 bridgehead atoms. The number of carbonyl (C=O) groups excluding carboxylic acids is 2. The van der Waals surface area contributed by atoms with Gasteiger partial charge < -0.3 is 5.32 Å². The van der Waals surface area contributed by atoms with E-state index in [1.807, 2.05) is 18.2 Å². The fraction of sp³-hybridized carbons (Fsp3) is 0.0870. The van der Waals surface area contributed by atoms with Crippen molar-refractivity contribution in [2.45, 2.75) is 11.8 Å². The van der Waals surface area contributed by atoms with Gasteiger partial charge in [-0.1, -0.05) is 41.4 Å². The predicted molar refractivity (Wildman–Crippen MR) is 128 cm³/mol. The van der Waals surface area contributed by atoms with E-state index in [4.69, 9.17) is 23.2 Å². The zero-order valence-electron chi connectivity index (χ0n) is 16.6. The second-order valence-electron chi connectivity index (χ2n) is 6.52. The summed E-state index contributed by atoms with van der Waals surface area (Å²) in [7, 11) is 0. The van der Waals surface area contributed by atoms with Crippen molar-refractivity contribution in [1.82, 2.24) is 5.43 Å². The van der Waals surface area contributed by atoms with Crippen LogP contribution in [0.25, 0.3) is 0 Å². The number of hydrogen-bond donors (Lipinski definition) is 2. The zero-order valence-corrected chi connectivity index (χ0v) is 18.9. The number of halogens is 2. The molecule has 0 aliphatic heterocycles. The minimum Gasteiger partial charge on any atom is -0.322 e. The molecule has 0 fully saturated rings. The molecule has 0 atom stereocenters. The first-order chi connectivity index (χ1) is 14.9. The molecule has 0 unspecified atom stereocenters. The lowest BCUT2D eigenvalue weighted by atomic mass is 10.1. The molecular weight excluding hydrogens is 453 g/mol. The molecule has 2 N–H and O–H groups in total. The van der Waals surface area contributed by atoms with E-state index >= 15 is 0 Å². The summed E-state index contributed by atoms with van der Waals surface area (Å²) in [6.45, 7) is 1.78. The quantitative estimate of drug-likeness (QED) is 0.256. The van der Waals surface area contributed by atoms with Crippen LogP contribution in [-0.4, -0.2) is 23.3 Å². The SMILES string of the molecule is C/C(=N/NC(=O)CSc1ccc(Cl)cc1)c1cccc(NC(=O)c2cccc(Cl)c2)c1. The molecule has 0 saturated heterocycles. The van der Waals surface area contributed by atoms with Gasteiger partial charge >= 0.3 is 0 Å². The van der Waals surface area contributed by atoms with Crippen molar-refractivity contribution in [2.24, 2.45) is 5.10 Å². The first kappa shape index (κ1) is 22.9. The van der Waals surface area contributed by atoms with Crippen molar-refractivity contribution in [1.29, 1.82) is 0 Å². The molecule has 3 aromatic carbocycles. The first-order valence-electron chi connectivity index (χ1n) is 9.29. The molecule has 31 heavy (non-hydrogen) atoms. The number of hydrazone groups is 1. The highest BCUT2D eigenvalue weighted by molar-refractivity contribution is 8.00. The minimum absolute atomic E-state index is 0.218. The summed E-state index contributed by atoms with van der Waals surface area (Å²) in [5.74, 6) is -0.250. The number of thioether (sulfide) groups is 1. The topological polar surface area (TPSA) is 70.6 Å². The Balaban J connectivity index is 1.57. The zero-order chi connectivity index (χ0) is 22.2. The normalized spacial score (nSPS) is 11.1. The summed E-state index contributed by atoms with van der Waals surface area (Å²) >= 11 is 13.2. The number of amides is 2. The minimum atomic E-state index is -0.262. The van der Waals surface area contributed by atoms with Gasteiger partial charge in [0.15, 0.2) is 0 Å². The highest BCUT2D eigenvalue weighted by Crippen LogP contribution is 2.20. The van der Waals surface area contributed by atoms with Gasteiger partial charge in [0, 0.05) is 26.2 Å². The molecule has 8 heteroatoms. The largest absolute Gasteiger partial charge is 0.322 e. The summed E-state index contributed by atoms with van der Waals surface area (Å²) in [5, 5.41) is 8.15. The number of benzene rings is 3. The Bertz CT molecular complexity index is 1120. The summed E-state index contributed by atoms with van der Waals surface area (Å²) in [4.78, 5) is 25.4. The molecule has 0 aliphatic rings. The van der Waals surface area contributed by atoms with E-state index in [-0.39, 0.29) is 17.6 Å². The third-order valence-electron chi connectivity index (χ3n) is 4.16. The average molecular weight is 472 g/mol. The molecule has 3 rings (SSSR count). The Morgan fingerprint density at radius 1 is 0.903 bits per heavy atom. The molecule has 0 aliphatic carbocycles. The molecule has 0 aromatic heterocycles. The highest BCUT2D eigenvalue weighted by Gasteiger charge is 2.08. The summed E-state index contributed by atoms with van der Waals surface area (Å²) in [6, 6.07) is 21.2. The van der Waals surface area contributed by atoms with Crippen LogP contribution in [0.3, 0.4) is 0 Å².